The van der Waals surface area contributed by atoms with Crippen LogP contribution in [0.4, 0.5) is 0 Å². The Hall–Kier alpha value is -1.50. The van der Waals surface area contributed by atoms with E-state index in [4.69, 9.17) is 10.7 Å². The van der Waals surface area contributed by atoms with Gasteiger partial charge in [0.2, 0.25) is 5.91 Å². The molecule has 134 valence electrons. The van der Waals surface area contributed by atoms with Gasteiger partial charge in [-0.05, 0) is 37.4 Å². The Kier molecular flexibility index (Phi) is 5.01. The number of nitrogens with zero attached hydrogens (tertiary/aromatic N) is 3. The van der Waals surface area contributed by atoms with Gasteiger partial charge in [-0.2, -0.15) is 0 Å². The number of nitrogens with two attached hydrogens (primary N) is 1. The van der Waals surface area contributed by atoms with Crippen LogP contribution < -0.4 is 5.73 Å². The van der Waals surface area contributed by atoms with Crippen LogP contribution in [0.2, 0.25) is 0 Å². The average Bonchev–Trinajstić information content (AvgIpc) is 3.27. The Morgan fingerprint density at radius 2 is 2.00 bits per heavy atom. The first kappa shape index (κ1) is 16.9. The van der Waals surface area contributed by atoms with E-state index in [2.05, 4.69) is 28.0 Å². The fourth-order valence-electron chi connectivity index (χ4n) is 4.18. The van der Waals surface area contributed by atoms with Gasteiger partial charge in [0, 0.05) is 32.1 Å². The number of hydrogen-bond acceptors (Lipinski definition) is 5. The van der Waals surface area contributed by atoms with Crippen LogP contribution in [0.5, 0.6) is 0 Å². The highest BCUT2D eigenvalue weighted by molar-refractivity contribution is 7.18. The van der Waals surface area contributed by atoms with Gasteiger partial charge < -0.3 is 10.6 Å². The number of fused-ring (bicyclic) bond motifs is 1. The van der Waals surface area contributed by atoms with E-state index in [-0.39, 0.29) is 5.92 Å². The van der Waals surface area contributed by atoms with E-state index in [9.17, 15) is 4.79 Å². The summed E-state index contributed by atoms with van der Waals surface area (Å²) in [6.45, 7) is 5.06. The zero-order chi connectivity index (χ0) is 17.2. The molecule has 1 aliphatic heterocycles. The van der Waals surface area contributed by atoms with Gasteiger partial charge in [0.05, 0.1) is 16.8 Å². The Morgan fingerprint density at radius 3 is 2.76 bits per heavy atom. The minimum Gasteiger partial charge on any atom is -0.340 e. The van der Waals surface area contributed by atoms with Crippen LogP contribution in [0.25, 0.3) is 10.2 Å². The molecule has 2 atom stereocenters. The standard InChI is InChI=1S/C19H26N4OS/c20-12-14-4-3-5-15(14)19(24)23-10-8-22(9-11-23)13-18-21-16-6-1-2-7-17(16)25-18/h1-2,6-7,14-15H,3-5,8-13,20H2/t14-,15-/m1/s1. The van der Waals surface area contributed by atoms with E-state index in [1.54, 1.807) is 11.3 Å². The molecule has 1 saturated heterocycles. The molecule has 0 unspecified atom stereocenters. The molecule has 0 bridgehead atoms. The minimum absolute atomic E-state index is 0.167. The molecule has 2 fully saturated rings. The molecule has 1 aliphatic carbocycles. The van der Waals surface area contributed by atoms with Crippen molar-refractivity contribution < 1.29 is 4.79 Å². The van der Waals surface area contributed by atoms with Gasteiger partial charge >= 0.3 is 0 Å². The van der Waals surface area contributed by atoms with Gasteiger partial charge in [0.15, 0.2) is 0 Å². The highest BCUT2D eigenvalue weighted by Gasteiger charge is 2.35. The summed E-state index contributed by atoms with van der Waals surface area (Å²) in [4.78, 5) is 22.0. The molecule has 2 heterocycles. The van der Waals surface area contributed by atoms with Crippen LogP contribution in [0.1, 0.15) is 24.3 Å². The summed E-state index contributed by atoms with van der Waals surface area (Å²) in [5.41, 5.74) is 6.94. The molecule has 1 aromatic carbocycles. The van der Waals surface area contributed by atoms with E-state index in [1.807, 2.05) is 6.07 Å². The second-order valence-corrected chi connectivity index (χ2v) is 8.33. The van der Waals surface area contributed by atoms with E-state index in [1.165, 1.54) is 9.71 Å². The lowest BCUT2D eigenvalue weighted by Gasteiger charge is -2.36. The second kappa shape index (κ2) is 7.40. The van der Waals surface area contributed by atoms with Gasteiger partial charge in [-0.25, -0.2) is 4.98 Å². The molecule has 1 amide bonds. The predicted octanol–water partition coefficient (Wildman–Crippen LogP) is 2.32. The van der Waals surface area contributed by atoms with Crippen LogP contribution >= 0.6 is 11.3 Å². The molecule has 6 heteroatoms. The first-order chi connectivity index (χ1) is 12.2. The summed E-state index contributed by atoms with van der Waals surface area (Å²) >= 11 is 1.77. The van der Waals surface area contributed by atoms with Crippen molar-refractivity contribution in [1.29, 1.82) is 0 Å². The lowest BCUT2D eigenvalue weighted by Crippen LogP contribution is -2.50. The summed E-state index contributed by atoms with van der Waals surface area (Å²) in [7, 11) is 0. The number of aromatic nitrogens is 1. The summed E-state index contributed by atoms with van der Waals surface area (Å²) in [6, 6.07) is 8.30. The van der Waals surface area contributed by atoms with Crippen molar-refractivity contribution >= 4 is 27.5 Å². The molecule has 0 radical (unpaired) electrons. The Bertz CT molecular complexity index is 705. The summed E-state index contributed by atoms with van der Waals surface area (Å²) < 4.78 is 1.25. The first-order valence-corrected chi connectivity index (χ1v) is 10.1. The second-order valence-electron chi connectivity index (χ2n) is 7.21. The Morgan fingerprint density at radius 1 is 1.20 bits per heavy atom. The number of carbonyl (C=O) groups is 1. The van der Waals surface area contributed by atoms with Gasteiger partial charge in [0.1, 0.15) is 5.01 Å². The van der Waals surface area contributed by atoms with Crippen molar-refractivity contribution in [3.8, 4) is 0 Å². The van der Waals surface area contributed by atoms with Gasteiger partial charge in [-0.15, -0.1) is 11.3 Å². The number of piperazine rings is 1. The van der Waals surface area contributed by atoms with Crippen molar-refractivity contribution in [2.45, 2.75) is 25.8 Å². The Balaban J connectivity index is 1.32. The summed E-state index contributed by atoms with van der Waals surface area (Å²) in [6.07, 6.45) is 3.28. The Labute approximate surface area is 152 Å². The summed E-state index contributed by atoms with van der Waals surface area (Å²) in [5, 5.41) is 1.17. The number of para-hydroxylation sites is 1. The van der Waals surface area contributed by atoms with Crippen LogP contribution in [-0.4, -0.2) is 53.4 Å². The monoisotopic (exact) mass is 358 g/mol. The van der Waals surface area contributed by atoms with Crippen LogP contribution in [0, 0.1) is 11.8 Å². The molecule has 2 aliphatic rings. The first-order valence-electron chi connectivity index (χ1n) is 9.30. The number of thiazole rings is 1. The quantitative estimate of drug-likeness (QED) is 0.911. The molecule has 5 nitrogen and oxygen atoms in total. The number of rotatable bonds is 4. The molecule has 0 spiro atoms. The maximum absolute atomic E-state index is 12.8. The zero-order valence-electron chi connectivity index (χ0n) is 14.6. The predicted molar refractivity (Wildman–Crippen MR) is 101 cm³/mol. The van der Waals surface area contributed by atoms with Crippen LogP contribution in [0.15, 0.2) is 24.3 Å². The van der Waals surface area contributed by atoms with Gasteiger partial charge in [0.25, 0.3) is 0 Å². The topological polar surface area (TPSA) is 62.5 Å². The van der Waals surface area contributed by atoms with Crippen molar-refractivity contribution in [3.63, 3.8) is 0 Å². The van der Waals surface area contributed by atoms with Crippen molar-refractivity contribution in [1.82, 2.24) is 14.8 Å². The van der Waals surface area contributed by atoms with Crippen LogP contribution in [0.3, 0.4) is 0 Å². The maximum atomic E-state index is 12.8. The fourth-order valence-corrected chi connectivity index (χ4v) is 5.19. The highest BCUT2D eigenvalue weighted by atomic mass is 32.1. The molecule has 4 rings (SSSR count). The van der Waals surface area contributed by atoms with E-state index < -0.39 is 0 Å². The average molecular weight is 359 g/mol. The zero-order valence-corrected chi connectivity index (χ0v) is 15.4. The molecular weight excluding hydrogens is 332 g/mol. The third kappa shape index (κ3) is 3.57. The fraction of sp³-hybridized carbons (Fsp3) is 0.579. The molecule has 25 heavy (non-hydrogen) atoms. The van der Waals surface area contributed by atoms with Gasteiger partial charge in [-0.1, -0.05) is 18.6 Å². The number of amides is 1. The van der Waals surface area contributed by atoms with Crippen molar-refractivity contribution in [2.75, 3.05) is 32.7 Å². The molecule has 2 aromatic rings. The van der Waals surface area contributed by atoms with Crippen molar-refractivity contribution in [2.24, 2.45) is 17.6 Å². The number of hydrogen-bond donors (Lipinski definition) is 1. The number of benzene rings is 1. The SMILES string of the molecule is NC[C@H]1CCC[C@H]1C(=O)N1CCN(Cc2nc3ccccc3s2)CC1. The largest absolute Gasteiger partial charge is 0.340 e. The third-order valence-corrected chi connectivity index (χ3v) is 6.68. The summed E-state index contributed by atoms with van der Waals surface area (Å²) in [5.74, 6) is 0.904. The normalized spacial score (nSPS) is 24.9. The highest BCUT2D eigenvalue weighted by Crippen LogP contribution is 2.32. The van der Waals surface area contributed by atoms with Crippen LogP contribution in [-0.2, 0) is 11.3 Å². The maximum Gasteiger partial charge on any atom is 0.226 e. The van der Waals surface area contributed by atoms with E-state index >= 15 is 0 Å². The van der Waals surface area contributed by atoms with Gasteiger partial charge in [-0.3, -0.25) is 9.69 Å². The van der Waals surface area contributed by atoms with E-state index in [0.717, 1.165) is 57.5 Å². The molecule has 1 saturated carbocycles. The lowest BCUT2D eigenvalue weighted by molar-refractivity contribution is -0.138. The molecule has 2 N–H and O–H groups in total. The molecule has 1 aromatic heterocycles. The lowest BCUT2D eigenvalue weighted by atomic mass is 9.94. The number of carbonyl (C=O) groups excluding carboxylic acids is 1. The minimum atomic E-state index is 0.167. The van der Waals surface area contributed by atoms with E-state index in [0.29, 0.717) is 18.4 Å². The molecular formula is C19H26N4OS. The van der Waals surface area contributed by atoms with Crippen molar-refractivity contribution in [3.05, 3.63) is 29.3 Å². The third-order valence-electron chi connectivity index (χ3n) is 5.66. The smallest absolute Gasteiger partial charge is 0.226 e.